The molecule has 0 aliphatic carbocycles. The van der Waals surface area contributed by atoms with Crippen LogP contribution >= 0.6 is 0 Å². The monoisotopic (exact) mass is 1080 g/mol. The Morgan fingerprint density at radius 3 is 1.30 bits per heavy atom. The summed E-state index contributed by atoms with van der Waals surface area (Å²) in [6.07, 6.45) is 54.7. The van der Waals surface area contributed by atoms with E-state index in [-0.39, 0.29) is 25.9 Å². The lowest BCUT2D eigenvalue weighted by Gasteiger charge is -2.40. The number of carboxylic acid groups (broad SMARTS) is 1. The molecule has 1 rings (SSSR count). The summed E-state index contributed by atoms with van der Waals surface area (Å²) in [5.41, 5.74) is 0. The minimum absolute atomic E-state index is 0.0141. The van der Waals surface area contributed by atoms with Gasteiger partial charge in [-0.1, -0.05) is 248 Å². The number of esters is 3. The van der Waals surface area contributed by atoms with Gasteiger partial charge in [0, 0.05) is 12.8 Å². The predicted molar refractivity (Wildman–Crippen MR) is 312 cm³/mol. The number of hydrogen-bond donors (Lipinski definition) is 3. The molecule has 6 atom stereocenters. The van der Waals surface area contributed by atoms with Crippen molar-refractivity contribution in [3.63, 3.8) is 0 Å². The third-order valence-electron chi connectivity index (χ3n) is 13.8. The average molecular weight is 1080 g/mol. The number of carboxylic acids is 1. The third kappa shape index (κ3) is 42.7. The predicted octanol–water partition coefficient (Wildman–Crippen LogP) is 16.1. The van der Waals surface area contributed by atoms with Gasteiger partial charge in [0.25, 0.3) is 0 Å². The van der Waals surface area contributed by atoms with Gasteiger partial charge in [0.15, 0.2) is 24.6 Å². The molecule has 0 bridgehead atoms. The first-order valence-electron chi connectivity index (χ1n) is 30.9. The summed E-state index contributed by atoms with van der Waals surface area (Å²) in [5, 5.41) is 31.5. The maximum atomic E-state index is 13.1. The van der Waals surface area contributed by atoms with Gasteiger partial charge in [-0.15, -0.1) is 0 Å². The summed E-state index contributed by atoms with van der Waals surface area (Å²) >= 11 is 0. The molecule has 0 amide bonds. The molecule has 442 valence electrons. The van der Waals surface area contributed by atoms with Crippen molar-refractivity contribution in [3.8, 4) is 0 Å². The van der Waals surface area contributed by atoms with Gasteiger partial charge in [-0.25, -0.2) is 4.79 Å². The van der Waals surface area contributed by atoms with Crippen LogP contribution in [0.5, 0.6) is 0 Å². The largest absolute Gasteiger partial charge is 0.479 e. The lowest BCUT2D eigenvalue weighted by atomic mass is 9.98. The Labute approximate surface area is 468 Å². The van der Waals surface area contributed by atoms with Gasteiger partial charge in [-0.2, -0.15) is 0 Å². The zero-order valence-electron chi connectivity index (χ0n) is 48.7. The van der Waals surface area contributed by atoms with E-state index in [1.165, 1.54) is 128 Å². The molecule has 3 N–H and O–H groups in total. The molecular weight excluding hydrogens is 973 g/mol. The van der Waals surface area contributed by atoms with Crippen LogP contribution in [0.15, 0.2) is 72.9 Å². The Morgan fingerprint density at radius 2 is 0.857 bits per heavy atom. The Morgan fingerprint density at radius 1 is 0.455 bits per heavy atom. The van der Waals surface area contributed by atoms with E-state index in [1.807, 2.05) is 12.2 Å². The quantitative estimate of drug-likeness (QED) is 0.0228. The van der Waals surface area contributed by atoms with Crippen LogP contribution in [-0.4, -0.2) is 89.2 Å². The zero-order valence-corrected chi connectivity index (χ0v) is 48.7. The highest BCUT2D eigenvalue weighted by atomic mass is 16.7. The number of allylic oxidation sites excluding steroid dienone is 11. The van der Waals surface area contributed by atoms with E-state index < -0.39 is 67.3 Å². The van der Waals surface area contributed by atoms with Crippen molar-refractivity contribution in [2.24, 2.45) is 0 Å². The van der Waals surface area contributed by atoms with Crippen molar-refractivity contribution in [1.82, 2.24) is 0 Å². The normalized spacial score (nSPS) is 18.5. The maximum Gasteiger partial charge on any atom is 0.335 e. The van der Waals surface area contributed by atoms with E-state index in [1.54, 1.807) is 6.08 Å². The number of aliphatic hydroxyl groups excluding tert-OH is 2. The van der Waals surface area contributed by atoms with Crippen molar-refractivity contribution in [2.45, 2.75) is 302 Å². The molecule has 0 aromatic carbocycles. The Balaban J connectivity index is 2.70. The molecule has 0 spiro atoms. The van der Waals surface area contributed by atoms with E-state index in [0.29, 0.717) is 19.3 Å². The fraction of sp³-hybridized carbons (Fsp3) is 0.754. The SMILES string of the molecule is CC/C=C\C/C=C\C/C=C\C/C=C\C/C=C\CC(=O)OCC(COC1OC(C(=O)O)C(O)C(O)C1OC(=O)CCCCCCCCCCC/C=C\CCCCCCCC)OC(=O)CCCCCCCCCCCCCCC. The van der Waals surface area contributed by atoms with Crippen molar-refractivity contribution >= 4 is 23.9 Å². The summed E-state index contributed by atoms with van der Waals surface area (Å²) in [7, 11) is 0. The fourth-order valence-electron chi connectivity index (χ4n) is 9.08. The van der Waals surface area contributed by atoms with Crippen LogP contribution in [-0.2, 0) is 42.9 Å². The minimum Gasteiger partial charge on any atom is -0.479 e. The van der Waals surface area contributed by atoms with Crippen molar-refractivity contribution < 1.29 is 58.2 Å². The first-order chi connectivity index (χ1) is 37.6. The van der Waals surface area contributed by atoms with Gasteiger partial charge < -0.3 is 39.0 Å². The summed E-state index contributed by atoms with van der Waals surface area (Å²) in [6.45, 7) is 5.80. The topological polar surface area (TPSA) is 175 Å². The number of carbonyl (C=O) groups excluding carboxylic acids is 3. The second-order valence-corrected chi connectivity index (χ2v) is 21.0. The number of hydrogen-bond acceptors (Lipinski definition) is 11. The van der Waals surface area contributed by atoms with Gasteiger partial charge in [-0.3, -0.25) is 14.4 Å². The molecule has 0 saturated carbocycles. The minimum atomic E-state index is -1.91. The first-order valence-corrected chi connectivity index (χ1v) is 30.9. The number of rotatable bonds is 52. The molecule has 12 heteroatoms. The highest BCUT2D eigenvalue weighted by Gasteiger charge is 2.50. The second-order valence-electron chi connectivity index (χ2n) is 21.0. The smallest absolute Gasteiger partial charge is 0.335 e. The standard InChI is InChI=1S/C65H110O12/c1-4-7-10-13-16-19-22-25-27-28-29-30-32-35-38-41-44-47-50-53-59(68)76-63-61(70)60(69)62(64(71)72)77-65(63)74-55-56(75-58(67)52-49-46-43-40-37-33-24-21-18-15-12-9-6-3)54-73-57(66)51-48-45-42-39-36-34-31-26-23-20-17-14-11-8-5-2/h8,11,17,20,25-27,31,36,39,45,48,56,60-63,65,69-70H,4-7,9-10,12-16,18-19,21-24,28-30,32-35,37-38,40-44,46-47,49-55H2,1-3H3,(H,71,72)/b11-8-,20-17-,27-25-,31-26-,39-36-,48-45-. The van der Waals surface area contributed by atoms with Crippen molar-refractivity contribution in [2.75, 3.05) is 13.2 Å². The molecule has 1 fully saturated rings. The third-order valence-corrected chi connectivity index (χ3v) is 13.8. The molecule has 77 heavy (non-hydrogen) atoms. The number of carbonyl (C=O) groups is 4. The molecule has 1 heterocycles. The van der Waals surface area contributed by atoms with Crippen LogP contribution in [0.4, 0.5) is 0 Å². The van der Waals surface area contributed by atoms with Crippen LogP contribution in [0.1, 0.15) is 265 Å². The van der Waals surface area contributed by atoms with E-state index in [9.17, 15) is 34.5 Å². The molecule has 1 saturated heterocycles. The summed E-state index contributed by atoms with van der Waals surface area (Å²) < 4.78 is 28.3. The van der Waals surface area contributed by atoms with Crippen LogP contribution in [0.25, 0.3) is 0 Å². The number of aliphatic hydroxyl groups is 2. The highest BCUT2D eigenvalue weighted by molar-refractivity contribution is 5.74. The van der Waals surface area contributed by atoms with Gasteiger partial charge in [-0.05, 0) is 70.6 Å². The molecule has 1 aliphatic heterocycles. The van der Waals surface area contributed by atoms with Crippen LogP contribution in [0.3, 0.4) is 0 Å². The number of unbranched alkanes of at least 4 members (excludes halogenated alkanes) is 27. The lowest BCUT2D eigenvalue weighted by molar-refractivity contribution is -0.301. The van der Waals surface area contributed by atoms with E-state index >= 15 is 0 Å². The van der Waals surface area contributed by atoms with Crippen LogP contribution < -0.4 is 0 Å². The Kier molecular flexibility index (Phi) is 48.8. The van der Waals surface area contributed by atoms with Crippen LogP contribution in [0, 0.1) is 0 Å². The van der Waals surface area contributed by atoms with Gasteiger partial charge in [0.1, 0.15) is 18.8 Å². The van der Waals surface area contributed by atoms with Gasteiger partial charge >= 0.3 is 23.9 Å². The van der Waals surface area contributed by atoms with E-state index in [2.05, 4.69) is 75.5 Å². The molecular formula is C65H110O12. The molecule has 6 unspecified atom stereocenters. The lowest BCUT2D eigenvalue weighted by Crippen LogP contribution is -2.61. The summed E-state index contributed by atoms with van der Waals surface area (Å²) in [4.78, 5) is 51.1. The molecule has 0 aromatic rings. The fourth-order valence-corrected chi connectivity index (χ4v) is 9.08. The van der Waals surface area contributed by atoms with Gasteiger partial charge in [0.2, 0.25) is 0 Å². The second kappa shape index (κ2) is 52.8. The van der Waals surface area contributed by atoms with Crippen LogP contribution in [0.2, 0.25) is 0 Å². The maximum absolute atomic E-state index is 13.1. The molecule has 0 radical (unpaired) electrons. The zero-order chi connectivity index (χ0) is 56.1. The number of ether oxygens (including phenoxy) is 5. The summed E-state index contributed by atoms with van der Waals surface area (Å²) in [5.74, 6) is -3.27. The Hall–Kier alpha value is -3.84. The number of aliphatic carboxylic acids is 1. The van der Waals surface area contributed by atoms with E-state index in [0.717, 1.165) is 77.0 Å². The average Bonchev–Trinajstić information content (AvgIpc) is 3.42. The van der Waals surface area contributed by atoms with Crippen molar-refractivity contribution in [1.29, 1.82) is 0 Å². The van der Waals surface area contributed by atoms with Crippen molar-refractivity contribution in [3.05, 3.63) is 72.9 Å². The highest BCUT2D eigenvalue weighted by Crippen LogP contribution is 2.26. The molecule has 0 aromatic heterocycles. The summed E-state index contributed by atoms with van der Waals surface area (Å²) in [6, 6.07) is 0. The molecule has 12 nitrogen and oxygen atoms in total. The van der Waals surface area contributed by atoms with Gasteiger partial charge in [0.05, 0.1) is 13.0 Å². The molecule has 1 aliphatic rings. The van der Waals surface area contributed by atoms with E-state index in [4.69, 9.17) is 23.7 Å². The first kappa shape index (κ1) is 71.2. The Bertz CT molecular complexity index is 1620.